The van der Waals surface area contributed by atoms with Crippen molar-refractivity contribution in [3.05, 3.63) is 0 Å². The molecule has 1 aliphatic heterocycles. The van der Waals surface area contributed by atoms with Crippen molar-refractivity contribution in [1.29, 1.82) is 0 Å². The summed E-state index contributed by atoms with van der Waals surface area (Å²) in [6.45, 7) is 2.81. The lowest BCUT2D eigenvalue weighted by molar-refractivity contribution is -0.137. The van der Waals surface area contributed by atoms with Crippen molar-refractivity contribution in [2.75, 3.05) is 45.8 Å². The number of hydrogen-bond donors (Lipinski definition) is 3. The van der Waals surface area contributed by atoms with E-state index in [1.165, 1.54) is 4.90 Å². The lowest BCUT2D eigenvalue weighted by Gasteiger charge is -2.28. The number of aliphatic carboxylic acids is 1. The van der Waals surface area contributed by atoms with Crippen LogP contribution in [-0.4, -0.2) is 78.6 Å². The van der Waals surface area contributed by atoms with Crippen LogP contribution in [0, 0.1) is 5.92 Å². The highest BCUT2D eigenvalue weighted by Gasteiger charge is 2.28. The van der Waals surface area contributed by atoms with Gasteiger partial charge in [-0.1, -0.05) is 0 Å². The van der Waals surface area contributed by atoms with Crippen molar-refractivity contribution in [2.24, 2.45) is 5.92 Å². The molecule has 3 amide bonds. The molecule has 0 aromatic heterocycles. The molecule has 2 fully saturated rings. The second-order valence-corrected chi connectivity index (χ2v) is 5.51. The highest BCUT2D eigenvalue weighted by molar-refractivity contribution is 5.85. The zero-order valence-electron chi connectivity index (χ0n) is 12.0. The smallest absolute Gasteiger partial charge is 0.323 e. The Morgan fingerprint density at radius 2 is 1.90 bits per heavy atom. The first kappa shape index (κ1) is 15.6. The zero-order valence-corrected chi connectivity index (χ0v) is 12.0. The molecular weight excluding hydrogens is 276 g/mol. The van der Waals surface area contributed by atoms with Gasteiger partial charge in [-0.25, -0.2) is 4.79 Å². The monoisotopic (exact) mass is 298 g/mol. The van der Waals surface area contributed by atoms with Gasteiger partial charge >= 0.3 is 12.0 Å². The summed E-state index contributed by atoms with van der Waals surface area (Å²) in [5, 5.41) is 14.5. The minimum absolute atomic E-state index is 0.0837. The Balaban J connectivity index is 1.77. The third kappa shape index (κ3) is 5.22. The molecule has 2 aliphatic rings. The van der Waals surface area contributed by atoms with Gasteiger partial charge in [-0.2, -0.15) is 0 Å². The molecule has 1 saturated heterocycles. The summed E-state index contributed by atoms with van der Waals surface area (Å²) in [7, 11) is 0. The maximum absolute atomic E-state index is 12.0. The maximum Gasteiger partial charge on any atom is 0.323 e. The van der Waals surface area contributed by atoms with E-state index in [1.807, 2.05) is 0 Å². The lowest BCUT2D eigenvalue weighted by Crippen LogP contribution is -2.51. The molecule has 1 aliphatic carbocycles. The summed E-state index contributed by atoms with van der Waals surface area (Å²) in [5.41, 5.74) is 0. The van der Waals surface area contributed by atoms with Gasteiger partial charge in [0.25, 0.3) is 0 Å². The molecule has 0 radical (unpaired) electrons. The molecule has 1 saturated carbocycles. The van der Waals surface area contributed by atoms with Gasteiger partial charge in [-0.05, 0) is 18.8 Å². The summed E-state index contributed by atoms with van der Waals surface area (Å²) in [6.07, 6.45) is 2.06. The fraction of sp³-hybridized carbons (Fsp3) is 0.769. The van der Waals surface area contributed by atoms with E-state index in [4.69, 9.17) is 5.11 Å². The van der Waals surface area contributed by atoms with Gasteiger partial charge in [0.15, 0.2) is 0 Å². The van der Waals surface area contributed by atoms with Gasteiger partial charge in [0.1, 0.15) is 6.54 Å². The quantitative estimate of drug-likeness (QED) is 0.579. The van der Waals surface area contributed by atoms with Crippen LogP contribution in [0.5, 0.6) is 0 Å². The number of carboxylic acids is 1. The van der Waals surface area contributed by atoms with E-state index in [9.17, 15) is 14.4 Å². The second kappa shape index (κ2) is 7.26. The van der Waals surface area contributed by atoms with Crippen LogP contribution in [0.1, 0.15) is 12.8 Å². The van der Waals surface area contributed by atoms with E-state index in [0.717, 1.165) is 25.9 Å². The molecule has 118 valence electrons. The molecule has 3 N–H and O–H groups in total. The van der Waals surface area contributed by atoms with E-state index in [0.29, 0.717) is 25.6 Å². The average molecular weight is 298 g/mol. The number of carboxylic acid groups (broad SMARTS) is 1. The van der Waals surface area contributed by atoms with Crippen LogP contribution in [0.3, 0.4) is 0 Å². The van der Waals surface area contributed by atoms with Crippen LogP contribution in [0.25, 0.3) is 0 Å². The number of nitrogens with zero attached hydrogens (tertiary/aromatic N) is 2. The largest absolute Gasteiger partial charge is 0.480 e. The Bertz CT molecular complexity index is 405. The summed E-state index contributed by atoms with van der Waals surface area (Å²) in [4.78, 5) is 37.7. The fourth-order valence-electron chi connectivity index (χ4n) is 2.28. The number of amides is 3. The third-order valence-corrected chi connectivity index (χ3v) is 3.65. The maximum atomic E-state index is 12.0. The van der Waals surface area contributed by atoms with Gasteiger partial charge in [0, 0.05) is 32.7 Å². The summed E-state index contributed by atoms with van der Waals surface area (Å²) < 4.78 is 0. The Labute approximate surface area is 123 Å². The third-order valence-electron chi connectivity index (χ3n) is 3.65. The van der Waals surface area contributed by atoms with Crippen LogP contribution in [0.15, 0.2) is 0 Å². The summed E-state index contributed by atoms with van der Waals surface area (Å²) in [5.74, 6) is -0.773. The minimum Gasteiger partial charge on any atom is -0.480 e. The van der Waals surface area contributed by atoms with E-state index >= 15 is 0 Å². The van der Waals surface area contributed by atoms with E-state index in [-0.39, 0.29) is 19.0 Å². The molecular formula is C13H22N4O4. The number of urea groups is 1. The minimum atomic E-state index is -1.04. The first-order valence-electron chi connectivity index (χ1n) is 7.29. The topological polar surface area (TPSA) is 102 Å². The Hall–Kier alpha value is -1.83. The predicted molar refractivity (Wildman–Crippen MR) is 74.8 cm³/mol. The molecule has 8 nitrogen and oxygen atoms in total. The van der Waals surface area contributed by atoms with E-state index in [1.54, 1.807) is 4.90 Å². The molecule has 0 aromatic carbocycles. The van der Waals surface area contributed by atoms with Crippen molar-refractivity contribution in [1.82, 2.24) is 20.4 Å². The van der Waals surface area contributed by atoms with Crippen LogP contribution in [0.4, 0.5) is 4.79 Å². The number of nitrogens with one attached hydrogen (secondary N) is 2. The van der Waals surface area contributed by atoms with Crippen molar-refractivity contribution >= 4 is 17.9 Å². The van der Waals surface area contributed by atoms with Crippen molar-refractivity contribution in [3.63, 3.8) is 0 Å². The first-order chi connectivity index (χ1) is 10.1. The molecule has 21 heavy (non-hydrogen) atoms. The Morgan fingerprint density at radius 3 is 2.48 bits per heavy atom. The second-order valence-electron chi connectivity index (χ2n) is 5.51. The number of carbonyl (C=O) groups excluding carboxylic acids is 2. The normalized spacial score (nSPS) is 18.2. The summed E-state index contributed by atoms with van der Waals surface area (Å²) in [6, 6.07) is -0.479. The van der Waals surface area contributed by atoms with Gasteiger partial charge in [-0.15, -0.1) is 0 Å². The number of piperazine rings is 1. The van der Waals surface area contributed by atoms with Crippen molar-refractivity contribution in [2.45, 2.75) is 12.8 Å². The van der Waals surface area contributed by atoms with Gasteiger partial charge < -0.3 is 25.5 Å². The highest BCUT2D eigenvalue weighted by Crippen LogP contribution is 2.29. The van der Waals surface area contributed by atoms with E-state index in [2.05, 4.69) is 10.6 Å². The van der Waals surface area contributed by atoms with Crippen molar-refractivity contribution < 1.29 is 19.5 Å². The Morgan fingerprint density at radius 1 is 1.24 bits per heavy atom. The van der Waals surface area contributed by atoms with Crippen LogP contribution < -0.4 is 10.6 Å². The number of hydrogen-bond acceptors (Lipinski definition) is 4. The van der Waals surface area contributed by atoms with Crippen LogP contribution >= 0.6 is 0 Å². The molecule has 2 rings (SSSR count). The van der Waals surface area contributed by atoms with Crippen LogP contribution in [-0.2, 0) is 9.59 Å². The Kier molecular flexibility index (Phi) is 5.38. The standard InChI is InChI=1S/C13H22N4O4/c18-11(16-5-3-14-4-6-16)7-15-13(21)17(9-12(19)20)8-10-1-2-10/h10,14H,1-9H2,(H,15,21)(H,19,20). The van der Waals surface area contributed by atoms with Gasteiger partial charge in [0.05, 0.1) is 6.54 Å². The lowest BCUT2D eigenvalue weighted by atomic mass is 10.3. The highest BCUT2D eigenvalue weighted by atomic mass is 16.4. The predicted octanol–water partition coefficient (Wildman–Crippen LogP) is -1.08. The molecule has 0 unspecified atom stereocenters. The number of rotatable bonds is 6. The molecule has 0 atom stereocenters. The van der Waals surface area contributed by atoms with Crippen LogP contribution in [0.2, 0.25) is 0 Å². The average Bonchev–Trinajstić information content (AvgIpc) is 3.28. The molecule has 0 aromatic rings. The van der Waals surface area contributed by atoms with Gasteiger partial charge in [0.2, 0.25) is 5.91 Å². The summed E-state index contributed by atoms with van der Waals surface area (Å²) >= 11 is 0. The molecule has 1 heterocycles. The first-order valence-corrected chi connectivity index (χ1v) is 7.29. The van der Waals surface area contributed by atoms with E-state index < -0.39 is 12.0 Å². The molecule has 8 heteroatoms. The molecule has 0 spiro atoms. The fourth-order valence-corrected chi connectivity index (χ4v) is 2.28. The SMILES string of the molecule is O=C(O)CN(CC1CC1)C(=O)NCC(=O)N1CCNCC1. The zero-order chi connectivity index (χ0) is 15.2. The van der Waals surface area contributed by atoms with Crippen molar-refractivity contribution in [3.8, 4) is 0 Å². The number of carbonyl (C=O) groups is 3. The molecule has 0 bridgehead atoms. The van der Waals surface area contributed by atoms with Gasteiger partial charge in [-0.3, -0.25) is 9.59 Å².